The predicted octanol–water partition coefficient (Wildman–Crippen LogP) is 1.68. The third-order valence-corrected chi connectivity index (χ3v) is 4.25. The number of aromatic nitrogens is 1. The van der Waals surface area contributed by atoms with Gasteiger partial charge in [0.25, 0.3) is 0 Å². The molecule has 112 valence electrons. The van der Waals surface area contributed by atoms with Gasteiger partial charge in [-0.25, -0.2) is 4.79 Å². The minimum Gasteiger partial charge on any atom is -0.396 e. The molecule has 0 unspecified atom stereocenters. The number of nitrogens with zero attached hydrogens (tertiary/aromatic N) is 2. The maximum absolute atomic E-state index is 12.1. The molecule has 5 nitrogen and oxygen atoms in total. The number of aliphatic hydroxyl groups is 1. The van der Waals surface area contributed by atoms with E-state index < -0.39 is 0 Å². The van der Waals surface area contributed by atoms with Crippen molar-refractivity contribution in [3.05, 3.63) is 24.5 Å². The zero-order valence-electron chi connectivity index (χ0n) is 12.2. The van der Waals surface area contributed by atoms with Gasteiger partial charge in [0, 0.05) is 45.2 Å². The Morgan fingerprint density at radius 3 is 2.55 bits per heavy atom. The molecule has 20 heavy (non-hydrogen) atoms. The Morgan fingerprint density at radius 1 is 1.30 bits per heavy atom. The van der Waals surface area contributed by atoms with Crippen molar-refractivity contribution in [2.24, 2.45) is 5.92 Å². The average molecular weight is 279 g/mol. The van der Waals surface area contributed by atoms with Gasteiger partial charge in [-0.3, -0.25) is 0 Å². The number of nitrogens with one attached hydrogen (secondary N) is 1. The van der Waals surface area contributed by atoms with E-state index in [-0.39, 0.29) is 12.6 Å². The monoisotopic (exact) mass is 279 g/mol. The van der Waals surface area contributed by atoms with Crippen LogP contribution >= 0.6 is 0 Å². The van der Waals surface area contributed by atoms with E-state index in [0.717, 1.165) is 32.2 Å². The van der Waals surface area contributed by atoms with Gasteiger partial charge in [-0.15, -0.1) is 0 Å². The molecule has 0 atom stereocenters. The highest BCUT2D eigenvalue weighted by atomic mass is 16.3. The van der Waals surface area contributed by atoms with Gasteiger partial charge in [-0.05, 0) is 43.7 Å². The molecule has 0 radical (unpaired) electrons. The first-order chi connectivity index (χ1) is 9.70. The second-order valence-electron chi connectivity index (χ2n) is 5.62. The van der Waals surface area contributed by atoms with Crippen LogP contribution in [0.25, 0.3) is 0 Å². The lowest BCUT2D eigenvalue weighted by molar-refractivity contribution is 0.134. The standard InChI is InChI=1S/C15H25N3O2/c1-17(14-6-4-13(12-19)5-7-14)15(20)16-8-11-18-9-2-3-10-18/h2-3,9-10,13-14,19H,4-8,11-12H2,1H3,(H,16,20). The summed E-state index contributed by atoms with van der Waals surface area (Å²) in [5, 5.41) is 12.1. The molecule has 1 aliphatic carbocycles. The Bertz CT molecular complexity index is 397. The molecule has 1 saturated carbocycles. The summed E-state index contributed by atoms with van der Waals surface area (Å²) in [6, 6.07) is 4.27. The largest absolute Gasteiger partial charge is 0.396 e. The molecule has 1 heterocycles. The van der Waals surface area contributed by atoms with Gasteiger partial charge in [0.1, 0.15) is 0 Å². The van der Waals surface area contributed by atoms with Crippen LogP contribution in [0.4, 0.5) is 4.79 Å². The van der Waals surface area contributed by atoms with E-state index in [1.54, 1.807) is 0 Å². The van der Waals surface area contributed by atoms with Crippen molar-refractivity contribution in [3.8, 4) is 0 Å². The van der Waals surface area contributed by atoms with Gasteiger partial charge in [-0.1, -0.05) is 0 Å². The van der Waals surface area contributed by atoms with E-state index in [4.69, 9.17) is 5.11 Å². The first-order valence-electron chi connectivity index (χ1n) is 7.43. The summed E-state index contributed by atoms with van der Waals surface area (Å²) in [4.78, 5) is 13.9. The highest BCUT2D eigenvalue weighted by Crippen LogP contribution is 2.26. The zero-order chi connectivity index (χ0) is 14.4. The second kappa shape index (κ2) is 7.33. The molecule has 0 aliphatic heterocycles. The molecule has 0 spiro atoms. The van der Waals surface area contributed by atoms with Crippen molar-refractivity contribution >= 4 is 6.03 Å². The third kappa shape index (κ3) is 4.00. The van der Waals surface area contributed by atoms with Crippen LogP contribution in [0.3, 0.4) is 0 Å². The molecule has 0 aromatic carbocycles. The number of urea groups is 1. The molecular formula is C15H25N3O2. The number of carbonyl (C=O) groups is 1. The Morgan fingerprint density at radius 2 is 1.95 bits per heavy atom. The SMILES string of the molecule is CN(C(=O)NCCn1cccc1)C1CCC(CO)CC1. The summed E-state index contributed by atoms with van der Waals surface area (Å²) < 4.78 is 2.05. The molecular weight excluding hydrogens is 254 g/mol. The predicted molar refractivity (Wildman–Crippen MR) is 78.4 cm³/mol. The summed E-state index contributed by atoms with van der Waals surface area (Å²) in [5.41, 5.74) is 0. The quantitative estimate of drug-likeness (QED) is 0.861. The smallest absolute Gasteiger partial charge is 0.317 e. The van der Waals surface area contributed by atoms with Crippen LogP contribution in [-0.2, 0) is 6.54 Å². The highest BCUT2D eigenvalue weighted by Gasteiger charge is 2.25. The first kappa shape index (κ1) is 14.9. The average Bonchev–Trinajstić information content (AvgIpc) is 2.99. The summed E-state index contributed by atoms with van der Waals surface area (Å²) in [7, 11) is 1.87. The summed E-state index contributed by atoms with van der Waals surface area (Å²) in [6.45, 7) is 1.72. The fraction of sp³-hybridized carbons (Fsp3) is 0.667. The number of aliphatic hydroxyl groups excluding tert-OH is 1. The van der Waals surface area contributed by atoms with Crippen LogP contribution in [0.1, 0.15) is 25.7 Å². The summed E-state index contributed by atoms with van der Waals surface area (Å²) in [6.07, 6.45) is 8.00. The maximum Gasteiger partial charge on any atom is 0.317 e. The fourth-order valence-electron chi connectivity index (χ4n) is 2.82. The number of rotatable bonds is 5. The van der Waals surface area contributed by atoms with Gasteiger partial charge in [0.2, 0.25) is 0 Å². The molecule has 2 amide bonds. The molecule has 2 N–H and O–H groups in total. The van der Waals surface area contributed by atoms with Crippen molar-refractivity contribution < 1.29 is 9.90 Å². The molecule has 1 fully saturated rings. The van der Waals surface area contributed by atoms with E-state index in [0.29, 0.717) is 18.5 Å². The first-order valence-corrected chi connectivity index (χ1v) is 7.43. The van der Waals surface area contributed by atoms with Crippen molar-refractivity contribution in [2.45, 2.75) is 38.3 Å². The van der Waals surface area contributed by atoms with Crippen molar-refractivity contribution in [1.29, 1.82) is 0 Å². The molecule has 2 rings (SSSR count). The summed E-state index contributed by atoms with van der Waals surface area (Å²) >= 11 is 0. The van der Waals surface area contributed by atoms with Crippen LogP contribution in [0.2, 0.25) is 0 Å². The van der Waals surface area contributed by atoms with Gasteiger partial charge in [0.15, 0.2) is 0 Å². The van der Waals surface area contributed by atoms with E-state index >= 15 is 0 Å². The molecule has 5 heteroatoms. The van der Waals surface area contributed by atoms with Gasteiger partial charge in [-0.2, -0.15) is 0 Å². The fourth-order valence-corrected chi connectivity index (χ4v) is 2.82. The van der Waals surface area contributed by atoms with E-state index in [1.165, 1.54) is 0 Å². The third-order valence-electron chi connectivity index (χ3n) is 4.25. The molecule has 1 aliphatic rings. The number of hydrogen-bond donors (Lipinski definition) is 2. The molecule has 1 aromatic heterocycles. The Labute approximate surface area is 120 Å². The van der Waals surface area contributed by atoms with Crippen LogP contribution < -0.4 is 5.32 Å². The van der Waals surface area contributed by atoms with Gasteiger partial charge >= 0.3 is 6.03 Å². The topological polar surface area (TPSA) is 57.5 Å². The van der Waals surface area contributed by atoms with Crippen LogP contribution in [0.5, 0.6) is 0 Å². The lowest BCUT2D eigenvalue weighted by Crippen LogP contribution is -2.45. The van der Waals surface area contributed by atoms with Crippen LogP contribution in [0, 0.1) is 5.92 Å². The Balaban J connectivity index is 1.69. The van der Waals surface area contributed by atoms with E-state index in [9.17, 15) is 4.79 Å². The lowest BCUT2D eigenvalue weighted by Gasteiger charge is -2.34. The maximum atomic E-state index is 12.1. The summed E-state index contributed by atoms with van der Waals surface area (Å²) in [5.74, 6) is 0.427. The van der Waals surface area contributed by atoms with Crippen molar-refractivity contribution in [3.63, 3.8) is 0 Å². The number of amides is 2. The lowest BCUT2D eigenvalue weighted by atomic mass is 9.86. The molecule has 1 aromatic rings. The zero-order valence-corrected chi connectivity index (χ0v) is 12.2. The van der Waals surface area contributed by atoms with Crippen LogP contribution in [-0.4, -0.2) is 46.8 Å². The highest BCUT2D eigenvalue weighted by molar-refractivity contribution is 5.74. The van der Waals surface area contributed by atoms with E-state index in [1.807, 2.05) is 41.0 Å². The van der Waals surface area contributed by atoms with Crippen molar-refractivity contribution in [2.75, 3.05) is 20.2 Å². The van der Waals surface area contributed by atoms with Gasteiger partial charge < -0.3 is 19.9 Å². The number of hydrogen-bond acceptors (Lipinski definition) is 2. The minimum atomic E-state index is 0.00426. The normalized spacial score (nSPS) is 22.5. The second-order valence-corrected chi connectivity index (χ2v) is 5.62. The Hall–Kier alpha value is -1.49. The van der Waals surface area contributed by atoms with E-state index in [2.05, 4.69) is 5.32 Å². The Kier molecular flexibility index (Phi) is 5.47. The molecule has 0 saturated heterocycles. The van der Waals surface area contributed by atoms with Crippen molar-refractivity contribution in [1.82, 2.24) is 14.8 Å². The van der Waals surface area contributed by atoms with Gasteiger partial charge in [0.05, 0.1) is 0 Å². The minimum absolute atomic E-state index is 0.00426. The van der Waals surface area contributed by atoms with Crippen LogP contribution in [0.15, 0.2) is 24.5 Å². The molecule has 0 bridgehead atoms. The number of carbonyl (C=O) groups excluding carboxylic acids is 1.